The quantitative estimate of drug-likeness (QED) is 0.192. The van der Waals surface area contributed by atoms with Gasteiger partial charge in [-0.3, -0.25) is 0 Å². The number of benzene rings is 8. The molecule has 4 heteroatoms. The summed E-state index contributed by atoms with van der Waals surface area (Å²) in [6.07, 6.45) is 0. The van der Waals surface area contributed by atoms with Crippen LogP contribution in [0.1, 0.15) is 22.3 Å². The molecular formula is C49H29BrN2O. The highest BCUT2D eigenvalue weighted by molar-refractivity contribution is 9.10. The van der Waals surface area contributed by atoms with E-state index < -0.39 is 5.41 Å². The second-order valence-electron chi connectivity index (χ2n) is 14.2. The Kier molecular flexibility index (Phi) is 5.85. The third kappa shape index (κ3) is 3.73. The van der Waals surface area contributed by atoms with Gasteiger partial charge in [0, 0.05) is 27.1 Å². The fourth-order valence-electron chi connectivity index (χ4n) is 9.65. The van der Waals surface area contributed by atoms with Crippen LogP contribution in [0.5, 0.6) is 11.5 Å². The fourth-order valence-corrected chi connectivity index (χ4v) is 10.2. The Hall–Kier alpha value is -6.36. The maximum absolute atomic E-state index is 6.92. The van der Waals surface area contributed by atoms with Crippen LogP contribution in [0.15, 0.2) is 174 Å². The normalized spacial score (nSPS) is 13.5. The molecule has 2 aromatic heterocycles. The maximum Gasteiger partial charge on any atom is 0.143 e. The van der Waals surface area contributed by atoms with Crippen molar-refractivity contribution in [2.75, 3.05) is 0 Å². The number of para-hydroxylation sites is 2. The van der Waals surface area contributed by atoms with Crippen LogP contribution < -0.4 is 4.74 Å². The van der Waals surface area contributed by atoms with E-state index in [1.165, 1.54) is 66.1 Å². The zero-order valence-corrected chi connectivity index (χ0v) is 30.0. The van der Waals surface area contributed by atoms with Crippen LogP contribution in [0.2, 0.25) is 0 Å². The van der Waals surface area contributed by atoms with Crippen molar-refractivity contribution in [2.24, 2.45) is 0 Å². The molecule has 0 atom stereocenters. The van der Waals surface area contributed by atoms with E-state index in [1.807, 2.05) is 0 Å². The number of H-pyrrole nitrogens is 1. The summed E-state index contributed by atoms with van der Waals surface area (Å²) in [6, 6.07) is 61.4. The molecule has 1 N–H and O–H groups in total. The van der Waals surface area contributed by atoms with Gasteiger partial charge in [0.25, 0.3) is 0 Å². The highest BCUT2D eigenvalue weighted by Gasteiger charge is 2.51. The molecule has 0 unspecified atom stereocenters. The van der Waals surface area contributed by atoms with Gasteiger partial charge in [-0.2, -0.15) is 0 Å². The van der Waals surface area contributed by atoms with Gasteiger partial charge in [0.2, 0.25) is 0 Å². The molecule has 0 amide bonds. The van der Waals surface area contributed by atoms with Crippen LogP contribution in [0.3, 0.4) is 0 Å². The number of hydrogen-bond donors (Lipinski definition) is 1. The first-order chi connectivity index (χ1) is 26.2. The Morgan fingerprint density at radius 2 is 1.11 bits per heavy atom. The van der Waals surface area contributed by atoms with Gasteiger partial charge in [-0.25, -0.2) is 0 Å². The largest absolute Gasteiger partial charge is 0.456 e. The maximum atomic E-state index is 6.92. The summed E-state index contributed by atoms with van der Waals surface area (Å²) in [5.74, 6) is 1.56. The van der Waals surface area contributed by atoms with Crippen molar-refractivity contribution in [3.05, 3.63) is 197 Å². The molecule has 1 spiro atoms. The van der Waals surface area contributed by atoms with E-state index in [9.17, 15) is 0 Å². The van der Waals surface area contributed by atoms with Crippen LogP contribution in [0.4, 0.5) is 0 Å². The van der Waals surface area contributed by atoms with E-state index in [-0.39, 0.29) is 0 Å². The SMILES string of the molecule is Brc1c(Oc2ccc3c(c2)C2(c4ccccc4-c4ccccc42)c2ccccc2-3)cccc1-n1c2ccccc2c2c3[nH]c4ccccc4c3ccc21. The van der Waals surface area contributed by atoms with Crippen LogP contribution in [-0.2, 0) is 5.41 Å². The van der Waals surface area contributed by atoms with Crippen molar-refractivity contribution in [3.63, 3.8) is 0 Å². The first-order valence-corrected chi connectivity index (χ1v) is 18.8. The summed E-state index contributed by atoms with van der Waals surface area (Å²) in [7, 11) is 0. The lowest BCUT2D eigenvalue weighted by Gasteiger charge is -2.30. The number of ether oxygens (including phenoxy) is 1. The van der Waals surface area contributed by atoms with Crippen molar-refractivity contribution in [1.29, 1.82) is 0 Å². The van der Waals surface area contributed by atoms with E-state index in [2.05, 4.69) is 195 Å². The first kappa shape index (κ1) is 29.2. The average molecular weight is 742 g/mol. The lowest BCUT2D eigenvalue weighted by Crippen LogP contribution is -2.25. The van der Waals surface area contributed by atoms with Crippen molar-refractivity contribution in [3.8, 4) is 39.4 Å². The van der Waals surface area contributed by atoms with Gasteiger partial charge in [-0.15, -0.1) is 0 Å². The number of fused-ring (bicyclic) bond motifs is 17. The minimum Gasteiger partial charge on any atom is -0.456 e. The summed E-state index contributed by atoms with van der Waals surface area (Å²) in [5, 5.41) is 4.89. The average Bonchev–Trinajstić information content (AvgIpc) is 3.92. The molecule has 248 valence electrons. The van der Waals surface area contributed by atoms with Gasteiger partial charge < -0.3 is 14.3 Å². The Morgan fingerprint density at radius 3 is 1.85 bits per heavy atom. The van der Waals surface area contributed by atoms with Gasteiger partial charge in [0.1, 0.15) is 11.5 Å². The van der Waals surface area contributed by atoms with Gasteiger partial charge in [0.15, 0.2) is 0 Å². The predicted molar refractivity (Wildman–Crippen MR) is 221 cm³/mol. The molecule has 8 aromatic carbocycles. The minimum atomic E-state index is -0.422. The molecule has 2 heterocycles. The van der Waals surface area contributed by atoms with E-state index in [0.29, 0.717) is 0 Å². The Morgan fingerprint density at radius 1 is 0.491 bits per heavy atom. The highest BCUT2D eigenvalue weighted by atomic mass is 79.9. The van der Waals surface area contributed by atoms with E-state index in [4.69, 9.17) is 4.74 Å². The topological polar surface area (TPSA) is 29.9 Å². The molecule has 0 saturated heterocycles. The standard InChI is InChI=1S/C49H29BrN2O/c50-47-44(52-42-21-10-5-16-36(42)46-43(52)27-26-35-34-15-4-9-20-41(34)51-48(35)46)22-11-23-45(47)53-29-24-25-33-32-14-3-8-19-39(32)49(40(33)28-29)37-17-6-1-12-30(37)31-13-2-7-18-38(31)49/h1-28,51H. The third-order valence-corrected chi connectivity index (χ3v) is 12.5. The molecular weight excluding hydrogens is 712 g/mol. The zero-order chi connectivity index (χ0) is 34.8. The first-order valence-electron chi connectivity index (χ1n) is 18.0. The molecule has 2 aliphatic carbocycles. The van der Waals surface area contributed by atoms with Gasteiger partial charge in [0.05, 0.1) is 32.1 Å². The van der Waals surface area contributed by atoms with Gasteiger partial charge in [-0.1, -0.05) is 127 Å². The van der Waals surface area contributed by atoms with Crippen LogP contribution >= 0.6 is 15.9 Å². The predicted octanol–water partition coefficient (Wildman–Crippen LogP) is 13.3. The number of rotatable bonds is 3. The second-order valence-corrected chi connectivity index (χ2v) is 15.0. The molecule has 3 nitrogen and oxygen atoms in total. The summed E-state index contributed by atoms with van der Waals surface area (Å²) in [6.45, 7) is 0. The number of halogens is 1. The third-order valence-electron chi connectivity index (χ3n) is 11.7. The molecule has 0 radical (unpaired) electrons. The highest BCUT2D eigenvalue weighted by Crippen LogP contribution is 2.63. The Balaban J connectivity index is 1.03. The van der Waals surface area contributed by atoms with Crippen LogP contribution in [0, 0.1) is 0 Å². The fraction of sp³-hybridized carbons (Fsp3) is 0.0204. The summed E-state index contributed by atoms with van der Waals surface area (Å²) in [4.78, 5) is 3.75. The van der Waals surface area contributed by atoms with E-state index in [1.54, 1.807) is 0 Å². The Labute approximate surface area is 313 Å². The summed E-state index contributed by atoms with van der Waals surface area (Å²) in [5.41, 5.74) is 15.5. The number of aromatic nitrogens is 2. The molecule has 0 fully saturated rings. The van der Waals surface area contributed by atoms with Crippen LogP contribution in [-0.4, -0.2) is 9.55 Å². The number of nitrogens with zero attached hydrogens (tertiary/aromatic N) is 1. The van der Waals surface area contributed by atoms with E-state index in [0.717, 1.165) is 43.7 Å². The molecule has 10 aromatic rings. The smallest absolute Gasteiger partial charge is 0.143 e. The summed E-state index contributed by atoms with van der Waals surface area (Å²) >= 11 is 4.04. The van der Waals surface area contributed by atoms with Crippen molar-refractivity contribution in [2.45, 2.75) is 5.41 Å². The van der Waals surface area contributed by atoms with Crippen LogP contribution in [0.25, 0.3) is 71.6 Å². The van der Waals surface area contributed by atoms with Crippen molar-refractivity contribution in [1.82, 2.24) is 9.55 Å². The monoisotopic (exact) mass is 740 g/mol. The van der Waals surface area contributed by atoms with Crippen molar-refractivity contribution >= 4 is 59.5 Å². The lowest BCUT2D eigenvalue weighted by molar-refractivity contribution is 0.478. The second kappa shape index (κ2) is 10.6. The van der Waals surface area contributed by atoms with Gasteiger partial charge in [-0.05, 0) is 103 Å². The van der Waals surface area contributed by atoms with Gasteiger partial charge >= 0.3 is 0 Å². The minimum absolute atomic E-state index is 0.422. The Bertz CT molecular complexity index is 3120. The molecule has 0 aliphatic heterocycles. The molecule has 2 aliphatic rings. The lowest BCUT2D eigenvalue weighted by atomic mass is 9.70. The van der Waals surface area contributed by atoms with Crippen molar-refractivity contribution < 1.29 is 4.74 Å². The summed E-state index contributed by atoms with van der Waals surface area (Å²) < 4.78 is 10.2. The number of hydrogen-bond acceptors (Lipinski definition) is 1. The zero-order valence-electron chi connectivity index (χ0n) is 28.4. The van der Waals surface area contributed by atoms with E-state index >= 15 is 0 Å². The molecule has 0 saturated carbocycles. The number of aromatic amines is 1. The number of nitrogens with one attached hydrogen (secondary N) is 1. The molecule has 53 heavy (non-hydrogen) atoms. The molecule has 0 bridgehead atoms. The molecule has 12 rings (SSSR count).